The minimum Gasteiger partial charge on any atom is -0.353 e. The summed E-state index contributed by atoms with van der Waals surface area (Å²) in [6.07, 6.45) is 4.04. The molecule has 1 fully saturated rings. The molecule has 0 bridgehead atoms. The first-order chi connectivity index (χ1) is 16.7. The second-order valence-electron chi connectivity index (χ2n) is 11.3. The fraction of sp³-hybridized carbons (Fsp3) is 0.400. The van der Waals surface area contributed by atoms with E-state index in [0.717, 1.165) is 53.5 Å². The largest absolute Gasteiger partial charge is 0.353 e. The number of aryl methyl sites for hydroxylation is 1. The molecule has 0 unspecified atom stereocenters. The van der Waals surface area contributed by atoms with Crippen LogP contribution in [-0.2, 0) is 11.2 Å². The highest BCUT2D eigenvalue weighted by Crippen LogP contribution is 2.32. The summed E-state index contributed by atoms with van der Waals surface area (Å²) < 4.78 is 0. The van der Waals surface area contributed by atoms with Gasteiger partial charge in [-0.15, -0.1) is 0 Å². The second kappa shape index (κ2) is 9.12. The fourth-order valence-corrected chi connectivity index (χ4v) is 6.03. The Morgan fingerprint density at radius 3 is 2.49 bits per heavy atom. The molecule has 1 aliphatic heterocycles. The Kier molecular flexibility index (Phi) is 6.14. The lowest BCUT2D eigenvalue weighted by atomic mass is 9.79. The van der Waals surface area contributed by atoms with E-state index in [4.69, 9.17) is 4.98 Å². The molecule has 4 aromatic rings. The molecular weight excluding hydrogens is 432 g/mol. The van der Waals surface area contributed by atoms with Crippen LogP contribution in [-0.4, -0.2) is 33.0 Å². The molecule has 2 aromatic heterocycles. The molecule has 0 saturated carbocycles. The first-order valence-corrected chi connectivity index (χ1v) is 12.7. The summed E-state index contributed by atoms with van der Waals surface area (Å²) >= 11 is 0. The van der Waals surface area contributed by atoms with Gasteiger partial charge < -0.3 is 15.6 Å². The number of carbonyl (C=O) groups excluding carboxylic acids is 1. The van der Waals surface area contributed by atoms with E-state index in [1.54, 1.807) is 0 Å². The van der Waals surface area contributed by atoms with Crippen LogP contribution in [0, 0.1) is 0 Å². The van der Waals surface area contributed by atoms with E-state index in [1.807, 2.05) is 12.1 Å². The van der Waals surface area contributed by atoms with Crippen LogP contribution in [0.4, 0.5) is 0 Å². The molecule has 5 heteroatoms. The first-order valence-electron chi connectivity index (χ1n) is 12.7. The topological polar surface area (TPSA) is 69.8 Å². The highest BCUT2D eigenvalue weighted by atomic mass is 16.1. The van der Waals surface area contributed by atoms with Gasteiger partial charge in [0, 0.05) is 39.8 Å². The number of para-hydroxylation sites is 2. The normalized spacial score (nSPS) is 17.6. The molecule has 3 heterocycles. The van der Waals surface area contributed by atoms with E-state index in [-0.39, 0.29) is 23.0 Å². The Hall–Kier alpha value is -3.18. The van der Waals surface area contributed by atoms with Crippen LogP contribution in [0.25, 0.3) is 33.2 Å². The molecule has 1 aliphatic rings. The number of aromatic nitrogens is 2. The standard InChI is InChI=1S/C30H36N4O/c1-29(2)18-21(19-30(3,4)34-29)31-27(35)15-9-12-23-22-11-6-8-14-25(22)33-28(23)26-17-16-20-10-5-7-13-24(20)32-26/h5-8,10-11,13-14,16-17,21,33-34H,9,12,15,18-19H2,1-4H3,(H,31,35). The van der Waals surface area contributed by atoms with E-state index < -0.39 is 0 Å². The van der Waals surface area contributed by atoms with E-state index >= 15 is 0 Å². The monoisotopic (exact) mass is 468 g/mol. The second-order valence-corrected chi connectivity index (χ2v) is 11.3. The van der Waals surface area contributed by atoms with Crippen LogP contribution in [0.15, 0.2) is 60.7 Å². The number of hydrogen-bond donors (Lipinski definition) is 3. The van der Waals surface area contributed by atoms with Gasteiger partial charge in [-0.25, -0.2) is 4.98 Å². The highest BCUT2D eigenvalue weighted by Gasteiger charge is 2.38. The summed E-state index contributed by atoms with van der Waals surface area (Å²) in [7, 11) is 0. The van der Waals surface area contributed by atoms with Crippen LogP contribution in [0.5, 0.6) is 0 Å². The van der Waals surface area contributed by atoms with Crippen molar-refractivity contribution in [1.29, 1.82) is 0 Å². The zero-order valence-corrected chi connectivity index (χ0v) is 21.2. The number of hydrogen-bond acceptors (Lipinski definition) is 3. The maximum Gasteiger partial charge on any atom is 0.220 e. The maximum absolute atomic E-state index is 12.9. The number of benzene rings is 2. The SMILES string of the molecule is CC1(C)CC(NC(=O)CCCc2c(-c3ccc4ccccc4n3)[nH]c3ccccc23)CC(C)(C)N1. The molecule has 35 heavy (non-hydrogen) atoms. The van der Waals surface area contributed by atoms with Crippen LogP contribution >= 0.6 is 0 Å². The lowest BCUT2D eigenvalue weighted by molar-refractivity contribution is -0.122. The fourth-order valence-electron chi connectivity index (χ4n) is 6.03. The van der Waals surface area contributed by atoms with Crippen molar-refractivity contribution in [3.63, 3.8) is 0 Å². The van der Waals surface area contributed by atoms with Crippen molar-refractivity contribution in [3.8, 4) is 11.4 Å². The van der Waals surface area contributed by atoms with Crippen LogP contribution in [0.1, 0.15) is 58.9 Å². The van der Waals surface area contributed by atoms with Crippen molar-refractivity contribution in [1.82, 2.24) is 20.6 Å². The molecule has 2 aromatic carbocycles. The number of amides is 1. The predicted octanol–water partition coefficient (Wildman–Crippen LogP) is 6.13. The third-order valence-corrected chi connectivity index (χ3v) is 7.05. The summed E-state index contributed by atoms with van der Waals surface area (Å²) in [5, 5.41) is 9.34. The summed E-state index contributed by atoms with van der Waals surface area (Å²) in [6, 6.07) is 21.0. The van der Waals surface area contributed by atoms with E-state index in [1.165, 1.54) is 10.9 Å². The minimum absolute atomic E-state index is 0.0193. The zero-order chi connectivity index (χ0) is 24.6. The molecule has 5 rings (SSSR count). The number of rotatable bonds is 6. The van der Waals surface area contributed by atoms with Crippen molar-refractivity contribution >= 4 is 27.7 Å². The van der Waals surface area contributed by atoms with Crippen LogP contribution in [0.3, 0.4) is 0 Å². The Bertz CT molecular complexity index is 1350. The molecular formula is C30H36N4O. The van der Waals surface area contributed by atoms with Gasteiger partial charge in [0.25, 0.3) is 0 Å². The number of nitrogens with one attached hydrogen (secondary N) is 3. The number of carbonyl (C=O) groups is 1. The molecule has 0 spiro atoms. The van der Waals surface area contributed by atoms with E-state index in [0.29, 0.717) is 6.42 Å². The van der Waals surface area contributed by atoms with Crippen molar-refractivity contribution in [3.05, 3.63) is 66.2 Å². The highest BCUT2D eigenvalue weighted by molar-refractivity contribution is 5.91. The summed E-state index contributed by atoms with van der Waals surface area (Å²) in [5.74, 6) is 0.147. The summed E-state index contributed by atoms with van der Waals surface area (Å²) in [6.45, 7) is 8.86. The van der Waals surface area contributed by atoms with Crippen LogP contribution in [0.2, 0.25) is 0 Å². The first kappa shape index (κ1) is 23.6. The Morgan fingerprint density at radius 2 is 1.69 bits per heavy atom. The number of nitrogens with zero attached hydrogens (tertiary/aromatic N) is 1. The summed E-state index contributed by atoms with van der Waals surface area (Å²) in [5.41, 5.74) is 5.37. The third kappa shape index (κ3) is 5.25. The van der Waals surface area contributed by atoms with Gasteiger partial charge in [-0.1, -0.05) is 42.5 Å². The third-order valence-electron chi connectivity index (χ3n) is 7.05. The van der Waals surface area contributed by atoms with Gasteiger partial charge in [0.05, 0.1) is 16.9 Å². The quantitative estimate of drug-likeness (QED) is 0.319. The molecule has 1 saturated heterocycles. The average molecular weight is 469 g/mol. The molecule has 0 atom stereocenters. The predicted molar refractivity (Wildman–Crippen MR) is 144 cm³/mol. The Labute approximate surface area is 207 Å². The van der Waals surface area contributed by atoms with Gasteiger partial charge in [0.1, 0.15) is 0 Å². The van der Waals surface area contributed by atoms with Gasteiger partial charge in [0.2, 0.25) is 5.91 Å². The van der Waals surface area contributed by atoms with Gasteiger partial charge in [0.15, 0.2) is 0 Å². The molecule has 1 amide bonds. The lowest BCUT2D eigenvalue weighted by Gasteiger charge is -2.46. The van der Waals surface area contributed by atoms with Gasteiger partial charge in [-0.05, 0) is 77.1 Å². The number of piperidine rings is 1. The molecule has 5 nitrogen and oxygen atoms in total. The molecule has 3 N–H and O–H groups in total. The number of pyridine rings is 1. The Balaban J connectivity index is 1.32. The number of H-pyrrole nitrogens is 1. The maximum atomic E-state index is 12.9. The van der Waals surface area contributed by atoms with Crippen molar-refractivity contribution in [2.45, 2.75) is 76.9 Å². The Morgan fingerprint density at radius 1 is 0.971 bits per heavy atom. The van der Waals surface area contributed by atoms with Crippen molar-refractivity contribution in [2.75, 3.05) is 0 Å². The van der Waals surface area contributed by atoms with Crippen molar-refractivity contribution < 1.29 is 4.79 Å². The number of aromatic amines is 1. The smallest absolute Gasteiger partial charge is 0.220 e. The number of fused-ring (bicyclic) bond motifs is 2. The lowest BCUT2D eigenvalue weighted by Crippen LogP contribution is -2.62. The van der Waals surface area contributed by atoms with Gasteiger partial charge in [-0.2, -0.15) is 0 Å². The molecule has 0 aliphatic carbocycles. The van der Waals surface area contributed by atoms with Crippen molar-refractivity contribution in [2.24, 2.45) is 0 Å². The molecule has 0 radical (unpaired) electrons. The summed E-state index contributed by atoms with van der Waals surface area (Å²) in [4.78, 5) is 21.4. The van der Waals surface area contributed by atoms with Gasteiger partial charge in [-0.3, -0.25) is 4.79 Å². The van der Waals surface area contributed by atoms with E-state index in [2.05, 4.69) is 91.8 Å². The minimum atomic E-state index is 0.0193. The molecule has 182 valence electrons. The van der Waals surface area contributed by atoms with Gasteiger partial charge >= 0.3 is 0 Å². The van der Waals surface area contributed by atoms with Crippen LogP contribution < -0.4 is 10.6 Å². The average Bonchev–Trinajstić information content (AvgIpc) is 3.15. The zero-order valence-electron chi connectivity index (χ0n) is 21.2. The van der Waals surface area contributed by atoms with E-state index in [9.17, 15) is 4.79 Å².